The van der Waals surface area contributed by atoms with Gasteiger partial charge >= 0.3 is 0 Å². The lowest BCUT2D eigenvalue weighted by Gasteiger charge is -2.18. The van der Waals surface area contributed by atoms with Crippen LogP contribution in [0.5, 0.6) is 0 Å². The Labute approximate surface area is 113 Å². The average Bonchev–Trinajstić information content (AvgIpc) is 2.28. The van der Waals surface area contributed by atoms with E-state index in [0.717, 1.165) is 23.2 Å². The molecule has 0 fully saturated rings. The summed E-state index contributed by atoms with van der Waals surface area (Å²) in [5.74, 6) is 1.24. The van der Waals surface area contributed by atoms with Crippen molar-refractivity contribution in [3.63, 3.8) is 0 Å². The summed E-state index contributed by atoms with van der Waals surface area (Å²) >= 11 is 3.58. The summed E-state index contributed by atoms with van der Waals surface area (Å²) in [5, 5.41) is 0.998. The number of benzene rings is 1. The molecule has 0 saturated carbocycles. The molecule has 2 atom stereocenters. The molecule has 1 aromatic carbocycles. The lowest BCUT2D eigenvalue weighted by molar-refractivity contribution is 0.395. The van der Waals surface area contributed by atoms with Gasteiger partial charge in [0.25, 0.3) is 0 Å². The maximum absolute atomic E-state index is 13.1. The first-order valence-electron chi connectivity index (χ1n) is 6.46. The van der Waals surface area contributed by atoms with Crippen LogP contribution in [0.4, 0.5) is 4.39 Å². The Morgan fingerprint density at radius 1 is 1.35 bits per heavy atom. The van der Waals surface area contributed by atoms with Gasteiger partial charge in [0.15, 0.2) is 0 Å². The number of hydrogen-bond acceptors (Lipinski definition) is 0. The fourth-order valence-corrected chi connectivity index (χ4v) is 2.87. The molecule has 1 rings (SSSR count). The maximum Gasteiger partial charge on any atom is 0.123 e. The number of alkyl halides is 1. The van der Waals surface area contributed by atoms with Crippen LogP contribution >= 0.6 is 15.9 Å². The van der Waals surface area contributed by atoms with E-state index in [1.807, 2.05) is 6.07 Å². The lowest BCUT2D eigenvalue weighted by Crippen LogP contribution is -2.11. The minimum atomic E-state index is -0.127. The standard InChI is InChI=1S/C15H22BrF/c1-3-5-12(2)8-14(11-16)9-13-6-4-7-15(17)10-13/h4,6-7,10,12,14H,3,5,8-9,11H2,1-2H3. The van der Waals surface area contributed by atoms with Gasteiger partial charge in [0, 0.05) is 5.33 Å². The SMILES string of the molecule is CCCC(C)CC(CBr)Cc1cccc(F)c1. The molecule has 2 unspecified atom stereocenters. The van der Waals surface area contributed by atoms with Gasteiger partial charge in [0.1, 0.15) is 5.82 Å². The minimum Gasteiger partial charge on any atom is -0.207 e. The first-order valence-corrected chi connectivity index (χ1v) is 7.58. The molecule has 0 aliphatic heterocycles. The third-order valence-electron chi connectivity index (χ3n) is 3.15. The summed E-state index contributed by atoms with van der Waals surface area (Å²) in [7, 11) is 0. The van der Waals surface area contributed by atoms with Gasteiger partial charge in [-0.1, -0.05) is 54.8 Å². The molecule has 2 heteroatoms. The van der Waals surface area contributed by atoms with Crippen molar-refractivity contribution in [1.29, 1.82) is 0 Å². The highest BCUT2D eigenvalue weighted by Gasteiger charge is 2.12. The van der Waals surface area contributed by atoms with Crippen molar-refractivity contribution in [3.05, 3.63) is 35.6 Å². The predicted molar refractivity (Wildman–Crippen MR) is 76.1 cm³/mol. The zero-order chi connectivity index (χ0) is 12.7. The molecule has 0 nitrogen and oxygen atoms in total. The molecule has 17 heavy (non-hydrogen) atoms. The second kappa shape index (κ2) is 7.86. The van der Waals surface area contributed by atoms with E-state index in [9.17, 15) is 4.39 Å². The van der Waals surface area contributed by atoms with E-state index in [-0.39, 0.29) is 5.82 Å². The van der Waals surface area contributed by atoms with E-state index in [2.05, 4.69) is 29.8 Å². The van der Waals surface area contributed by atoms with E-state index in [0.29, 0.717) is 5.92 Å². The highest BCUT2D eigenvalue weighted by atomic mass is 79.9. The Morgan fingerprint density at radius 3 is 2.71 bits per heavy atom. The van der Waals surface area contributed by atoms with Crippen molar-refractivity contribution in [2.75, 3.05) is 5.33 Å². The maximum atomic E-state index is 13.1. The normalized spacial score (nSPS) is 14.6. The molecule has 0 radical (unpaired) electrons. The number of hydrogen-bond donors (Lipinski definition) is 0. The van der Waals surface area contributed by atoms with Crippen molar-refractivity contribution in [2.24, 2.45) is 11.8 Å². The number of rotatable bonds is 7. The molecule has 0 aliphatic rings. The van der Waals surface area contributed by atoms with Crippen LogP contribution < -0.4 is 0 Å². The second-order valence-electron chi connectivity index (χ2n) is 4.98. The summed E-state index contributed by atoms with van der Waals surface area (Å²) in [4.78, 5) is 0. The molecular formula is C15H22BrF. The van der Waals surface area contributed by atoms with E-state index in [1.54, 1.807) is 12.1 Å². The Balaban J connectivity index is 2.51. The highest BCUT2D eigenvalue weighted by Crippen LogP contribution is 2.22. The van der Waals surface area contributed by atoms with Crippen LogP contribution in [0.1, 0.15) is 38.7 Å². The molecule has 0 saturated heterocycles. The van der Waals surface area contributed by atoms with Crippen molar-refractivity contribution < 1.29 is 4.39 Å². The summed E-state index contributed by atoms with van der Waals surface area (Å²) in [6.07, 6.45) is 4.72. The van der Waals surface area contributed by atoms with Gasteiger partial charge in [-0.2, -0.15) is 0 Å². The number of halogens is 2. The fourth-order valence-electron chi connectivity index (χ4n) is 2.38. The van der Waals surface area contributed by atoms with Gasteiger partial charge < -0.3 is 0 Å². The average molecular weight is 301 g/mol. The zero-order valence-corrected chi connectivity index (χ0v) is 12.3. The topological polar surface area (TPSA) is 0 Å². The van der Waals surface area contributed by atoms with Gasteiger partial charge in [-0.05, 0) is 42.4 Å². The monoisotopic (exact) mass is 300 g/mol. The van der Waals surface area contributed by atoms with Crippen LogP contribution in [-0.4, -0.2) is 5.33 Å². The van der Waals surface area contributed by atoms with Crippen molar-refractivity contribution in [3.8, 4) is 0 Å². The summed E-state index contributed by atoms with van der Waals surface area (Å²) < 4.78 is 13.1. The Bertz CT molecular complexity index is 324. The smallest absolute Gasteiger partial charge is 0.123 e. The fraction of sp³-hybridized carbons (Fsp3) is 0.600. The van der Waals surface area contributed by atoms with Gasteiger partial charge in [-0.3, -0.25) is 0 Å². The summed E-state index contributed by atoms with van der Waals surface area (Å²) in [6.45, 7) is 4.54. The highest BCUT2D eigenvalue weighted by molar-refractivity contribution is 9.09. The largest absolute Gasteiger partial charge is 0.207 e. The van der Waals surface area contributed by atoms with E-state index in [1.165, 1.54) is 25.3 Å². The summed E-state index contributed by atoms with van der Waals surface area (Å²) in [6, 6.07) is 6.97. The molecule has 0 amide bonds. The van der Waals surface area contributed by atoms with Gasteiger partial charge in [0.2, 0.25) is 0 Å². The van der Waals surface area contributed by atoms with Crippen LogP contribution in [0, 0.1) is 17.7 Å². The van der Waals surface area contributed by atoms with Gasteiger partial charge in [0.05, 0.1) is 0 Å². The van der Waals surface area contributed by atoms with E-state index < -0.39 is 0 Å². The predicted octanol–water partition coefficient (Wildman–Crippen LogP) is 5.21. The Morgan fingerprint density at radius 2 is 2.12 bits per heavy atom. The van der Waals surface area contributed by atoms with Crippen molar-refractivity contribution in [1.82, 2.24) is 0 Å². The molecule has 0 aliphatic carbocycles. The Hall–Kier alpha value is -0.370. The third kappa shape index (κ3) is 5.67. The third-order valence-corrected chi connectivity index (χ3v) is 4.06. The minimum absolute atomic E-state index is 0.127. The van der Waals surface area contributed by atoms with Crippen LogP contribution in [-0.2, 0) is 6.42 Å². The quantitative estimate of drug-likeness (QED) is 0.607. The zero-order valence-electron chi connectivity index (χ0n) is 10.8. The molecule has 0 aromatic heterocycles. The van der Waals surface area contributed by atoms with Crippen LogP contribution in [0.25, 0.3) is 0 Å². The van der Waals surface area contributed by atoms with Gasteiger partial charge in [-0.15, -0.1) is 0 Å². The molecule has 96 valence electrons. The molecule has 0 spiro atoms. The molecule has 0 bridgehead atoms. The molecule has 1 aromatic rings. The Kier molecular flexibility index (Phi) is 6.79. The molecule has 0 N–H and O–H groups in total. The van der Waals surface area contributed by atoms with E-state index in [4.69, 9.17) is 0 Å². The van der Waals surface area contributed by atoms with Crippen molar-refractivity contribution >= 4 is 15.9 Å². The molecule has 0 heterocycles. The first-order chi connectivity index (χ1) is 8.15. The van der Waals surface area contributed by atoms with Crippen molar-refractivity contribution in [2.45, 2.75) is 39.5 Å². The molecular weight excluding hydrogens is 279 g/mol. The van der Waals surface area contributed by atoms with Crippen LogP contribution in [0.15, 0.2) is 24.3 Å². The van der Waals surface area contributed by atoms with Crippen LogP contribution in [0.3, 0.4) is 0 Å². The summed E-state index contributed by atoms with van der Waals surface area (Å²) in [5.41, 5.74) is 1.11. The van der Waals surface area contributed by atoms with Crippen LogP contribution in [0.2, 0.25) is 0 Å². The van der Waals surface area contributed by atoms with Gasteiger partial charge in [-0.25, -0.2) is 4.39 Å². The lowest BCUT2D eigenvalue weighted by atomic mass is 9.89. The second-order valence-corrected chi connectivity index (χ2v) is 5.63. The first kappa shape index (κ1) is 14.7. The van der Waals surface area contributed by atoms with E-state index >= 15 is 0 Å².